The third-order valence-electron chi connectivity index (χ3n) is 1.86. The molecule has 2 heterocycles. The van der Waals surface area contributed by atoms with Crippen molar-refractivity contribution in [2.75, 3.05) is 7.11 Å². The molecule has 17 heavy (non-hydrogen) atoms. The average molecular weight is 267 g/mol. The van der Waals surface area contributed by atoms with Crippen LogP contribution in [0.1, 0.15) is 16.2 Å². The van der Waals surface area contributed by atoms with Gasteiger partial charge in [-0.05, 0) is 42.4 Å². The number of hydrogen-bond acceptors (Lipinski definition) is 7. The highest BCUT2D eigenvalue weighted by molar-refractivity contribution is 8.00. The van der Waals surface area contributed by atoms with Crippen LogP contribution >= 0.6 is 23.3 Å². The molecule has 0 N–H and O–H groups in total. The average Bonchev–Trinajstić information content (AvgIpc) is 2.74. The first kappa shape index (κ1) is 12.0. The molecular formula is C10H9N3O2S2. The van der Waals surface area contributed by atoms with E-state index in [-0.39, 0.29) is 5.97 Å². The normalized spacial score (nSPS) is 10.2. The largest absolute Gasteiger partial charge is 0.465 e. The third kappa shape index (κ3) is 3.01. The number of aromatic nitrogens is 3. The zero-order valence-corrected chi connectivity index (χ0v) is 10.8. The van der Waals surface area contributed by atoms with Gasteiger partial charge in [0, 0.05) is 6.20 Å². The van der Waals surface area contributed by atoms with Crippen molar-refractivity contribution in [2.24, 2.45) is 0 Å². The van der Waals surface area contributed by atoms with Crippen LogP contribution in [0.5, 0.6) is 0 Å². The van der Waals surface area contributed by atoms with E-state index in [0.29, 0.717) is 10.6 Å². The molecule has 0 aliphatic carbocycles. The SMILES string of the molecule is COC(=O)c1ccnc(Sc2nc(C)ns2)c1. The van der Waals surface area contributed by atoms with Gasteiger partial charge in [-0.3, -0.25) is 0 Å². The molecule has 7 heteroatoms. The van der Waals surface area contributed by atoms with E-state index in [1.165, 1.54) is 30.4 Å². The molecule has 0 saturated carbocycles. The number of pyridine rings is 1. The molecule has 0 aliphatic rings. The Kier molecular flexibility index (Phi) is 3.70. The molecule has 0 bridgehead atoms. The predicted octanol–water partition coefficient (Wildman–Crippen LogP) is 2.18. The van der Waals surface area contributed by atoms with E-state index < -0.39 is 0 Å². The summed E-state index contributed by atoms with van der Waals surface area (Å²) in [5.41, 5.74) is 0.478. The first-order chi connectivity index (χ1) is 8.19. The number of hydrogen-bond donors (Lipinski definition) is 0. The van der Waals surface area contributed by atoms with Crippen molar-refractivity contribution in [3.8, 4) is 0 Å². The summed E-state index contributed by atoms with van der Waals surface area (Å²) < 4.78 is 9.52. The lowest BCUT2D eigenvalue weighted by molar-refractivity contribution is 0.0600. The first-order valence-electron chi connectivity index (χ1n) is 4.71. The van der Waals surface area contributed by atoms with Crippen molar-refractivity contribution in [3.05, 3.63) is 29.7 Å². The lowest BCUT2D eigenvalue weighted by Crippen LogP contribution is -2.01. The van der Waals surface area contributed by atoms with E-state index in [9.17, 15) is 4.79 Å². The minimum atomic E-state index is -0.373. The molecule has 2 aromatic rings. The van der Waals surface area contributed by atoms with Crippen LogP contribution in [0.25, 0.3) is 0 Å². The van der Waals surface area contributed by atoms with Crippen LogP contribution < -0.4 is 0 Å². The van der Waals surface area contributed by atoms with Crippen LogP contribution in [0.2, 0.25) is 0 Å². The summed E-state index contributed by atoms with van der Waals surface area (Å²) in [4.78, 5) is 19.7. The maximum absolute atomic E-state index is 11.3. The molecule has 0 atom stereocenters. The highest BCUT2D eigenvalue weighted by atomic mass is 32.2. The molecule has 0 saturated heterocycles. The van der Waals surface area contributed by atoms with Crippen molar-refractivity contribution in [2.45, 2.75) is 16.3 Å². The number of methoxy groups -OCH3 is 1. The smallest absolute Gasteiger partial charge is 0.337 e. The molecule has 0 unspecified atom stereocenters. The van der Waals surface area contributed by atoms with Gasteiger partial charge in [0.15, 0.2) is 4.34 Å². The standard InChI is InChI=1S/C10H9N3O2S2/c1-6-12-10(17-13-6)16-8-5-7(3-4-11-8)9(14)15-2/h3-5H,1-2H3. The molecular weight excluding hydrogens is 258 g/mol. The number of carbonyl (C=O) groups is 1. The van der Waals surface area contributed by atoms with E-state index in [2.05, 4.69) is 19.1 Å². The Morgan fingerprint density at radius 1 is 1.53 bits per heavy atom. The molecule has 0 spiro atoms. The molecule has 88 valence electrons. The van der Waals surface area contributed by atoms with E-state index >= 15 is 0 Å². The Balaban J connectivity index is 2.19. The van der Waals surface area contributed by atoms with Crippen LogP contribution in [0.15, 0.2) is 27.7 Å². The highest BCUT2D eigenvalue weighted by Gasteiger charge is 2.09. The van der Waals surface area contributed by atoms with Gasteiger partial charge in [-0.1, -0.05) is 0 Å². The monoisotopic (exact) mass is 267 g/mol. The Labute approximate surface area is 106 Å². The second-order valence-corrected chi connectivity index (χ2v) is 5.10. The minimum Gasteiger partial charge on any atom is -0.465 e. The maximum Gasteiger partial charge on any atom is 0.337 e. The number of esters is 1. The Morgan fingerprint density at radius 2 is 2.35 bits per heavy atom. The Bertz CT molecular complexity index is 542. The van der Waals surface area contributed by atoms with Gasteiger partial charge >= 0.3 is 5.97 Å². The zero-order valence-electron chi connectivity index (χ0n) is 9.21. The molecule has 5 nitrogen and oxygen atoms in total. The van der Waals surface area contributed by atoms with Gasteiger partial charge in [0.25, 0.3) is 0 Å². The molecule has 0 aromatic carbocycles. The Hall–Kier alpha value is -1.47. The fourth-order valence-corrected chi connectivity index (χ4v) is 2.72. The van der Waals surface area contributed by atoms with Gasteiger partial charge < -0.3 is 4.74 Å². The van der Waals surface area contributed by atoms with E-state index in [0.717, 1.165) is 10.2 Å². The molecule has 0 amide bonds. The van der Waals surface area contributed by atoms with Crippen molar-refractivity contribution in [1.29, 1.82) is 0 Å². The van der Waals surface area contributed by atoms with Gasteiger partial charge in [0.1, 0.15) is 10.9 Å². The fourth-order valence-electron chi connectivity index (χ4n) is 1.12. The van der Waals surface area contributed by atoms with Crippen molar-refractivity contribution < 1.29 is 9.53 Å². The van der Waals surface area contributed by atoms with Crippen LogP contribution in [-0.4, -0.2) is 27.4 Å². The minimum absolute atomic E-state index is 0.373. The van der Waals surface area contributed by atoms with Crippen LogP contribution in [-0.2, 0) is 4.74 Å². The van der Waals surface area contributed by atoms with Gasteiger partial charge in [0.05, 0.1) is 12.7 Å². The number of ether oxygens (including phenoxy) is 1. The van der Waals surface area contributed by atoms with Crippen LogP contribution in [0.4, 0.5) is 0 Å². The summed E-state index contributed by atoms with van der Waals surface area (Å²) in [6.45, 7) is 1.83. The lowest BCUT2D eigenvalue weighted by Gasteiger charge is -2.00. The highest BCUT2D eigenvalue weighted by Crippen LogP contribution is 2.27. The number of nitrogens with zero attached hydrogens (tertiary/aromatic N) is 3. The quantitative estimate of drug-likeness (QED) is 0.794. The van der Waals surface area contributed by atoms with Gasteiger partial charge in [-0.15, -0.1) is 0 Å². The van der Waals surface area contributed by atoms with E-state index in [1.54, 1.807) is 18.3 Å². The van der Waals surface area contributed by atoms with Crippen molar-refractivity contribution in [3.63, 3.8) is 0 Å². The molecule has 2 rings (SSSR count). The summed E-state index contributed by atoms with van der Waals surface area (Å²) in [7, 11) is 1.35. The number of aryl methyl sites for hydroxylation is 1. The summed E-state index contributed by atoms with van der Waals surface area (Å²) in [6, 6.07) is 3.29. The molecule has 0 radical (unpaired) electrons. The second-order valence-electron chi connectivity index (χ2n) is 3.08. The number of carbonyl (C=O) groups excluding carboxylic acids is 1. The summed E-state index contributed by atoms with van der Waals surface area (Å²) >= 11 is 2.69. The molecule has 0 aliphatic heterocycles. The maximum atomic E-state index is 11.3. The van der Waals surface area contributed by atoms with Crippen molar-refractivity contribution in [1.82, 2.24) is 14.3 Å². The summed E-state index contributed by atoms with van der Waals surface area (Å²) in [5.74, 6) is 0.365. The van der Waals surface area contributed by atoms with E-state index in [1.807, 2.05) is 6.92 Å². The van der Waals surface area contributed by atoms with E-state index in [4.69, 9.17) is 0 Å². The molecule has 2 aromatic heterocycles. The third-order valence-corrected chi connectivity index (χ3v) is 3.63. The zero-order chi connectivity index (χ0) is 12.3. The second kappa shape index (κ2) is 5.24. The van der Waals surface area contributed by atoms with Crippen LogP contribution in [0.3, 0.4) is 0 Å². The van der Waals surface area contributed by atoms with Gasteiger partial charge in [0.2, 0.25) is 0 Å². The lowest BCUT2D eigenvalue weighted by atomic mass is 10.3. The summed E-state index contributed by atoms with van der Waals surface area (Å²) in [6.07, 6.45) is 1.57. The van der Waals surface area contributed by atoms with Gasteiger partial charge in [-0.25, -0.2) is 14.8 Å². The van der Waals surface area contributed by atoms with Crippen LogP contribution in [0, 0.1) is 6.92 Å². The predicted molar refractivity (Wildman–Crippen MR) is 64.3 cm³/mol. The first-order valence-corrected chi connectivity index (χ1v) is 6.30. The topological polar surface area (TPSA) is 65.0 Å². The number of rotatable bonds is 3. The molecule has 0 fully saturated rings. The fraction of sp³-hybridized carbons (Fsp3) is 0.200. The van der Waals surface area contributed by atoms with Crippen molar-refractivity contribution >= 4 is 29.3 Å². The van der Waals surface area contributed by atoms with Gasteiger partial charge in [-0.2, -0.15) is 4.37 Å². The summed E-state index contributed by atoms with van der Waals surface area (Å²) in [5, 5.41) is 0.698. The Morgan fingerprint density at radius 3 is 3.00 bits per heavy atom.